The van der Waals surface area contributed by atoms with E-state index in [0.29, 0.717) is 137 Å². The lowest BCUT2D eigenvalue weighted by Gasteiger charge is -2.42. The number of Topliss-reactive ketones (excluding diaryl/α,β-unsaturated/α-hetero) is 3. The molecule has 0 spiro atoms. The molecule has 9 rings (SSSR count). The number of H-pyrrole nitrogens is 1. The summed E-state index contributed by atoms with van der Waals surface area (Å²) in [6.45, 7) is 15.5. The average molecular weight is 1470 g/mol. The van der Waals surface area contributed by atoms with Crippen LogP contribution in [-0.4, -0.2) is 210 Å². The number of unbranched alkanes of at least 4 members (excludes halogenated alkanes) is 1. The molecule has 2 amide bonds. The number of amides is 2. The van der Waals surface area contributed by atoms with E-state index in [-0.39, 0.29) is 92.9 Å². The molecule has 1 aliphatic carbocycles. The Hall–Kier alpha value is -7.93. The van der Waals surface area contributed by atoms with Crippen LogP contribution in [0, 0.1) is 35.5 Å². The number of carbonyl (C=O) groups is 6. The zero-order valence-electron chi connectivity index (χ0n) is 63.2. The predicted molar refractivity (Wildman–Crippen MR) is 395 cm³/mol. The fraction of sp³-hybridized carbons (Fsp3) is 0.628. The highest BCUT2D eigenvalue weighted by atomic mass is 16.6. The van der Waals surface area contributed by atoms with Crippen LogP contribution in [-0.2, 0) is 86.4 Å². The van der Waals surface area contributed by atoms with Gasteiger partial charge in [-0.3, -0.25) is 24.0 Å². The molecule has 2 bridgehead atoms. The molecule has 4 aliphatic rings. The number of aromatic amines is 1. The van der Waals surface area contributed by atoms with Gasteiger partial charge in [0, 0.05) is 88.9 Å². The molecule has 3 aliphatic heterocycles. The lowest BCUT2D eigenvalue weighted by Crippen LogP contribution is -2.61. The highest BCUT2D eigenvalue weighted by molar-refractivity contribution is 6.39. The molecule has 28 heteroatoms. The number of methoxy groups -OCH3 is 3. The molecule has 1 aromatic carbocycles. The van der Waals surface area contributed by atoms with Crippen molar-refractivity contribution >= 4 is 62.9 Å². The van der Waals surface area contributed by atoms with Crippen molar-refractivity contribution in [2.75, 3.05) is 66.6 Å². The van der Waals surface area contributed by atoms with Crippen LogP contribution < -0.4 is 11.1 Å². The van der Waals surface area contributed by atoms with Crippen LogP contribution in [0.5, 0.6) is 5.75 Å². The van der Waals surface area contributed by atoms with Crippen molar-refractivity contribution in [2.24, 2.45) is 35.5 Å². The molecular formula is C78H111N11O17. The summed E-state index contributed by atoms with van der Waals surface area (Å²) in [5, 5.41) is 51.4. The molecule has 5 aromatic rings. The van der Waals surface area contributed by atoms with Gasteiger partial charge in [-0.15, -0.1) is 5.10 Å². The number of benzene rings is 1. The number of nitrogens with zero attached hydrogens (tertiary/aromatic N) is 8. The van der Waals surface area contributed by atoms with Crippen LogP contribution in [0.25, 0.3) is 33.3 Å². The Bertz CT molecular complexity index is 3900. The Morgan fingerprint density at radius 1 is 0.868 bits per heavy atom. The summed E-state index contributed by atoms with van der Waals surface area (Å²) >= 11 is 0. The number of ether oxygens (including phenoxy) is 8. The zero-order chi connectivity index (χ0) is 76.2. The highest BCUT2D eigenvalue weighted by Gasteiger charge is 2.53. The van der Waals surface area contributed by atoms with Gasteiger partial charge in [-0.25, -0.2) is 24.1 Å². The number of carbonyl (C=O) groups excluding carboxylic acids is 6. The summed E-state index contributed by atoms with van der Waals surface area (Å²) < 4.78 is 51.7. The van der Waals surface area contributed by atoms with Crippen molar-refractivity contribution in [3.8, 4) is 17.1 Å². The standard InChI is InChI=1S/C78H111N11O17/c1-47-18-12-11-13-19-48(2)64(99-8)42-58-24-21-53(7)78(98,106-58)73(95)76(96)88-29-16-14-20-61(88)77(97)105-65(43-62(91)49(3)37-52(6)71(94)72(101-10)70(93)51(5)36-47)50(4)38-54-22-26-63(66(39-54)100-9)104-35-34-103-45-56-44-87(86-84-56)31-33-102-32-27-67(92)80-28-15-17-30-89-75-68(74(79)81-46-82-75)69(85-89)60-41-55-40-57(90)23-25-59(55)83-60/h11-13,18-19,23,25,37,40-41,44,46-47,49-51,53-54,58,61,63-66,71-72,83,90,94,98H,14-17,20-22,24,26-36,38-39,42-43,45H2,1-10H3,(H,80,92)(H2,79,81,82)/b13-11+,18-12+,48-19+,52-37+/t47-,49-,50-,51-,53-,54+,58+,61+,63-,64+,65+,66-,71-,72+,78-/m1/s1. The molecule has 1 saturated carbocycles. The van der Waals surface area contributed by atoms with Crippen LogP contribution in [0.2, 0.25) is 0 Å². The van der Waals surface area contributed by atoms with E-state index in [9.17, 15) is 44.1 Å². The van der Waals surface area contributed by atoms with Crippen molar-refractivity contribution in [3.05, 3.63) is 90.1 Å². The number of fused-ring (bicyclic) bond motifs is 5. The van der Waals surface area contributed by atoms with Gasteiger partial charge in [0.05, 0.1) is 81.3 Å². The average Bonchev–Trinajstić information content (AvgIpc) is 1.69. The van der Waals surface area contributed by atoms with Crippen LogP contribution >= 0.6 is 0 Å². The van der Waals surface area contributed by atoms with Crippen molar-refractivity contribution in [1.82, 2.24) is 49.9 Å². The quantitative estimate of drug-likeness (QED) is 0.0146. The molecule has 0 unspecified atom stereocenters. The van der Waals surface area contributed by atoms with Crippen molar-refractivity contribution < 1.29 is 82.0 Å². The maximum atomic E-state index is 14.8. The maximum Gasteiger partial charge on any atom is 0.329 e. The van der Waals surface area contributed by atoms with Crippen molar-refractivity contribution in [1.29, 1.82) is 0 Å². The van der Waals surface area contributed by atoms with Crippen LogP contribution in [0.1, 0.15) is 150 Å². The molecular weight excluding hydrogens is 1360 g/mol. The molecule has 7 heterocycles. The van der Waals surface area contributed by atoms with E-state index in [4.69, 9.17) is 48.7 Å². The Labute approximate surface area is 620 Å². The molecule has 580 valence electrons. The minimum absolute atomic E-state index is 0.00889. The van der Waals surface area contributed by atoms with E-state index in [2.05, 4.69) is 30.6 Å². The number of esters is 1. The minimum atomic E-state index is -2.47. The SMILES string of the molecule is CO[C@H]1C[C@@H]2CC[C@@H](C)[C@@](O)(O2)C(=O)C(=O)N2CCCC[C@H]2C(=O)O[C@H]([C@H](C)C[C@@H]2CC[C@@H](OCCOCc3cn(CCOCCC(=O)NCCCCn4nc(-c5cc6cc(O)ccc6[nH]5)c5c(N)ncnc54)nn3)[C@H](OC)C2)CC(=O)[C@H](C)/C=C(\C)[C@@H](O)[C@@H](OC)C(=O)[C@H](C)C[C@H](C)/C=C/C=C/C=C/1C. The van der Waals surface area contributed by atoms with Crippen LogP contribution in [0.3, 0.4) is 0 Å². The number of ketones is 3. The normalized spacial score (nSPS) is 29.4. The van der Waals surface area contributed by atoms with Gasteiger partial charge in [0.15, 0.2) is 11.4 Å². The third-order valence-electron chi connectivity index (χ3n) is 21.3. The lowest BCUT2D eigenvalue weighted by molar-refractivity contribution is -0.265. The minimum Gasteiger partial charge on any atom is -0.508 e. The monoisotopic (exact) mass is 1470 g/mol. The number of nitrogens with one attached hydrogen (secondary N) is 2. The number of anilines is 1. The van der Waals surface area contributed by atoms with E-state index in [1.807, 2.05) is 64.1 Å². The van der Waals surface area contributed by atoms with Crippen LogP contribution in [0.4, 0.5) is 5.82 Å². The number of hydrogen-bond acceptors (Lipinski definition) is 23. The first-order chi connectivity index (χ1) is 50.9. The molecule has 3 fully saturated rings. The molecule has 106 heavy (non-hydrogen) atoms. The number of phenolic OH excluding ortho intramolecular Hbond substituents is 1. The topological polar surface area (TPSA) is 368 Å². The lowest BCUT2D eigenvalue weighted by atomic mass is 9.78. The number of aromatic hydroxyl groups is 1. The van der Waals surface area contributed by atoms with Gasteiger partial charge in [0.2, 0.25) is 11.7 Å². The Kier molecular flexibility index (Phi) is 30.4. The summed E-state index contributed by atoms with van der Waals surface area (Å²) in [4.78, 5) is 98.0. The molecule has 2 saturated heterocycles. The summed E-state index contributed by atoms with van der Waals surface area (Å²) in [5.74, 6) is -7.97. The number of cyclic esters (lactones) is 1. The van der Waals surface area contributed by atoms with E-state index in [1.54, 1.807) is 74.8 Å². The van der Waals surface area contributed by atoms with Gasteiger partial charge in [-0.1, -0.05) is 76.3 Å². The molecule has 0 radical (unpaired) electrons. The van der Waals surface area contributed by atoms with Gasteiger partial charge in [0.1, 0.15) is 59.4 Å². The largest absolute Gasteiger partial charge is 0.508 e. The first-order valence-corrected chi connectivity index (χ1v) is 37.6. The van der Waals surface area contributed by atoms with Gasteiger partial charge < -0.3 is 74.1 Å². The Balaban J connectivity index is 0.738. The fourth-order valence-electron chi connectivity index (χ4n) is 15.0. The summed E-state index contributed by atoms with van der Waals surface area (Å²) in [6.07, 6.45) is 16.1. The van der Waals surface area contributed by atoms with Crippen molar-refractivity contribution in [3.63, 3.8) is 0 Å². The number of nitrogens with two attached hydrogens (primary N) is 1. The summed E-state index contributed by atoms with van der Waals surface area (Å²) in [6, 6.07) is 5.80. The van der Waals surface area contributed by atoms with Gasteiger partial charge in [-0.2, -0.15) is 5.10 Å². The molecule has 4 aromatic heterocycles. The Morgan fingerprint density at radius 3 is 2.46 bits per heavy atom. The second kappa shape index (κ2) is 39.3. The zero-order valence-corrected chi connectivity index (χ0v) is 63.2. The third kappa shape index (κ3) is 21.7. The molecule has 28 nitrogen and oxygen atoms in total. The van der Waals surface area contributed by atoms with E-state index >= 15 is 0 Å². The molecule has 15 atom stereocenters. The second-order valence-electron chi connectivity index (χ2n) is 29.4. The Morgan fingerprint density at radius 2 is 1.68 bits per heavy atom. The van der Waals surface area contributed by atoms with E-state index < -0.39 is 83.7 Å². The summed E-state index contributed by atoms with van der Waals surface area (Å²) in [7, 11) is 4.60. The van der Waals surface area contributed by atoms with Crippen LogP contribution in [0.15, 0.2) is 84.4 Å². The first-order valence-electron chi connectivity index (χ1n) is 37.6. The number of phenols is 1. The number of aliphatic hydroxyl groups excluding tert-OH is 1. The number of aromatic nitrogens is 8. The maximum absolute atomic E-state index is 14.8. The van der Waals surface area contributed by atoms with E-state index in [0.717, 1.165) is 28.6 Å². The number of allylic oxidation sites excluding steroid dienone is 6. The van der Waals surface area contributed by atoms with Gasteiger partial charge >= 0.3 is 5.97 Å². The number of nitrogen functional groups attached to an aromatic ring is 1. The number of hydrogen-bond donors (Lipinski definition) is 6. The highest BCUT2D eigenvalue weighted by Crippen LogP contribution is 2.39. The first kappa shape index (κ1) is 82.1. The van der Waals surface area contributed by atoms with Gasteiger partial charge in [-0.05, 0) is 144 Å². The predicted octanol–water partition coefficient (Wildman–Crippen LogP) is 8.59. The number of rotatable bonds is 24. The van der Waals surface area contributed by atoms with Crippen molar-refractivity contribution in [2.45, 2.75) is 219 Å². The smallest absolute Gasteiger partial charge is 0.329 e. The fourth-order valence-corrected chi connectivity index (χ4v) is 15.0. The second-order valence-corrected chi connectivity index (χ2v) is 29.4. The van der Waals surface area contributed by atoms with E-state index in [1.165, 1.54) is 18.3 Å². The summed E-state index contributed by atoms with van der Waals surface area (Å²) in [5.41, 5.74) is 11.0. The third-order valence-corrected chi connectivity index (χ3v) is 21.3. The number of aryl methyl sites for hydroxylation is 1. The molecule has 7 N–H and O–H groups in total. The van der Waals surface area contributed by atoms with Gasteiger partial charge in [0.25, 0.3) is 11.7 Å². The number of piperidine rings is 1. The number of aliphatic hydroxyl groups is 2.